The van der Waals surface area contributed by atoms with E-state index in [1.165, 1.54) is 25.3 Å². The number of anilines is 1. The Hall–Kier alpha value is -2.93. The SMILES string of the molecule is COc1ccc(-c2cc(=O)n3cc(N4CCNC(C)C4)cc(C)c3n2)cc1F. The van der Waals surface area contributed by atoms with Crippen molar-refractivity contribution in [1.29, 1.82) is 0 Å². The molecule has 0 bridgehead atoms. The van der Waals surface area contributed by atoms with Gasteiger partial charge < -0.3 is 15.0 Å². The molecule has 0 radical (unpaired) electrons. The summed E-state index contributed by atoms with van der Waals surface area (Å²) in [6, 6.07) is 8.47. The maximum atomic E-state index is 14.1. The molecule has 0 spiro atoms. The number of nitrogens with zero attached hydrogens (tertiary/aromatic N) is 3. The van der Waals surface area contributed by atoms with Gasteiger partial charge in [-0.3, -0.25) is 9.20 Å². The molecule has 6 nitrogen and oxygen atoms in total. The number of aromatic nitrogens is 2. The minimum Gasteiger partial charge on any atom is -0.494 e. The van der Waals surface area contributed by atoms with Crippen LogP contribution in [0.1, 0.15) is 12.5 Å². The Morgan fingerprint density at radius 3 is 2.82 bits per heavy atom. The third-order valence-electron chi connectivity index (χ3n) is 5.11. The molecule has 1 unspecified atom stereocenters. The van der Waals surface area contributed by atoms with Gasteiger partial charge in [0, 0.05) is 43.5 Å². The van der Waals surface area contributed by atoms with E-state index in [2.05, 4.69) is 28.2 Å². The van der Waals surface area contributed by atoms with Crippen molar-refractivity contribution in [3.05, 3.63) is 58.3 Å². The van der Waals surface area contributed by atoms with E-state index < -0.39 is 5.82 Å². The van der Waals surface area contributed by atoms with Gasteiger partial charge in [0.05, 0.1) is 18.5 Å². The first-order valence-corrected chi connectivity index (χ1v) is 9.32. The second-order valence-electron chi connectivity index (χ2n) is 7.21. The largest absolute Gasteiger partial charge is 0.494 e. The molecule has 1 N–H and O–H groups in total. The summed E-state index contributed by atoms with van der Waals surface area (Å²) in [6.45, 7) is 6.77. The maximum absolute atomic E-state index is 14.1. The number of rotatable bonds is 3. The Labute approximate surface area is 162 Å². The van der Waals surface area contributed by atoms with Crippen molar-refractivity contribution in [1.82, 2.24) is 14.7 Å². The van der Waals surface area contributed by atoms with Gasteiger partial charge in [0.1, 0.15) is 5.65 Å². The number of benzene rings is 1. The molecule has 28 heavy (non-hydrogen) atoms. The zero-order chi connectivity index (χ0) is 19.8. The maximum Gasteiger partial charge on any atom is 0.258 e. The van der Waals surface area contributed by atoms with E-state index in [9.17, 15) is 9.18 Å². The Balaban J connectivity index is 1.79. The summed E-state index contributed by atoms with van der Waals surface area (Å²) in [7, 11) is 1.42. The van der Waals surface area contributed by atoms with Gasteiger partial charge in [-0.1, -0.05) is 0 Å². The average Bonchev–Trinajstić information content (AvgIpc) is 2.68. The summed E-state index contributed by atoms with van der Waals surface area (Å²) in [5.74, 6) is -0.325. The van der Waals surface area contributed by atoms with Gasteiger partial charge in [0.2, 0.25) is 0 Å². The molecule has 1 fully saturated rings. The van der Waals surface area contributed by atoms with E-state index in [0.717, 1.165) is 30.9 Å². The number of hydrogen-bond donors (Lipinski definition) is 1. The van der Waals surface area contributed by atoms with Crippen LogP contribution in [-0.4, -0.2) is 42.2 Å². The van der Waals surface area contributed by atoms with Crippen molar-refractivity contribution < 1.29 is 9.13 Å². The molecular formula is C21H23FN4O2. The first-order valence-electron chi connectivity index (χ1n) is 9.32. The van der Waals surface area contributed by atoms with Crippen LogP contribution in [0.3, 0.4) is 0 Å². The molecule has 1 aliphatic rings. The van der Waals surface area contributed by atoms with Gasteiger partial charge in [-0.15, -0.1) is 0 Å². The highest BCUT2D eigenvalue weighted by Crippen LogP contribution is 2.25. The van der Waals surface area contributed by atoms with E-state index in [0.29, 0.717) is 22.9 Å². The van der Waals surface area contributed by atoms with E-state index in [1.807, 2.05) is 13.1 Å². The normalized spacial score (nSPS) is 17.1. The van der Waals surface area contributed by atoms with Crippen LogP contribution in [0.5, 0.6) is 5.75 Å². The summed E-state index contributed by atoms with van der Waals surface area (Å²) in [4.78, 5) is 19.7. The fraction of sp³-hybridized carbons (Fsp3) is 0.333. The monoisotopic (exact) mass is 382 g/mol. The van der Waals surface area contributed by atoms with Crippen LogP contribution in [-0.2, 0) is 0 Å². The third-order valence-corrected chi connectivity index (χ3v) is 5.11. The number of pyridine rings is 1. The topological polar surface area (TPSA) is 58.9 Å². The molecule has 3 aromatic rings. The number of hydrogen-bond acceptors (Lipinski definition) is 5. The number of fused-ring (bicyclic) bond motifs is 1. The highest BCUT2D eigenvalue weighted by atomic mass is 19.1. The third kappa shape index (κ3) is 3.33. The van der Waals surface area contributed by atoms with Crippen molar-refractivity contribution in [3.63, 3.8) is 0 Å². The van der Waals surface area contributed by atoms with Gasteiger partial charge in [0.15, 0.2) is 11.6 Å². The summed E-state index contributed by atoms with van der Waals surface area (Å²) in [5.41, 5.74) is 3.27. The zero-order valence-corrected chi connectivity index (χ0v) is 16.2. The van der Waals surface area contributed by atoms with Gasteiger partial charge in [0.25, 0.3) is 5.56 Å². The molecule has 3 heterocycles. The molecule has 1 aromatic carbocycles. The van der Waals surface area contributed by atoms with E-state index in [-0.39, 0.29) is 11.3 Å². The number of nitrogens with one attached hydrogen (secondary N) is 1. The molecule has 0 aliphatic carbocycles. The van der Waals surface area contributed by atoms with Crippen LogP contribution in [0.25, 0.3) is 16.9 Å². The second kappa shape index (κ2) is 7.24. The first kappa shape index (κ1) is 18.4. The predicted octanol–water partition coefficient (Wildman–Crippen LogP) is 2.62. The quantitative estimate of drug-likeness (QED) is 0.755. The minimum absolute atomic E-state index is 0.160. The lowest BCUT2D eigenvalue weighted by molar-refractivity contribution is 0.386. The molecule has 1 aliphatic heterocycles. The Morgan fingerprint density at radius 1 is 1.29 bits per heavy atom. The first-order chi connectivity index (χ1) is 13.5. The lowest BCUT2D eigenvalue weighted by Gasteiger charge is -2.33. The fourth-order valence-electron chi connectivity index (χ4n) is 3.66. The lowest BCUT2D eigenvalue weighted by atomic mass is 10.1. The zero-order valence-electron chi connectivity index (χ0n) is 16.2. The number of piperazine rings is 1. The van der Waals surface area contributed by atoms with Gasteiger partial charge in [-0.2, -0.15) is 0 Å². The number of ether oxygens (including phenoxy) is 1. The standard InChI is InChI=1S/C21H23FN4O2/c1-13-8-16(25-7-6-23-14(2)11-25)12-26-20(27)10-18(24-21(13)26)15-4-5-19(28-3)17(22)9-15/h4-5,8-10,12,14,23H,6-7,11H2,1-3H3. The van der Waals surface area contributed by atoms with Crippen molar-refractivity contribution in [2.24, 2.45) is 0 Å². The predicted molar refractivity (Wildman–Crippen MR) is 108 cm³/mol. The lowest BCUT2D eigenvalue weighted by Crippen LogP contribution is -2.49. The van der Waals surface area contributed by atoms with Crippen LogP contribution in [0, 0.1) is 12.7 Å². The fourth-order valence-corrected chi connectivity index (χ4v) is 3.66. The van der Waals surface area contributed by atoms with Crippen LogP contribution < -0.4 is 20.5 Å². The summed E-state index contributed by atoms with van der Waals surface area (Å²) >= 11 is 0. The van der Waals surface area contributed by atoms with Crippen LogP contribution >= 0.6 is 0 Å². The van der Waals surface area contributed by atoms with Crippen molar-refractivity contribution in [3.8, 4) is 17.0 Å². The highest BCUT2D eigenvalue weighted by molar-refractivity contribution is 5.65. The average molecular weight is 382 g/mol. The molecule has 1 saturated heterocycles. The van der Waals surface area contributed by atoms with Crippen LogP contribution in [0.4, 0.5) is 10.1 Å². The molecular weight excluding hydrogens is 359 g/mol. The second-order valence-corrected chi connectivity index (χ2v) is 7.21. The Bertz CT molecular complexity index is 1100. The van der Waals surface area contributed by atoms with Crippen molar-refractivity contribution >= 4 is 11.3 Å². The highest BCUT2D eigenvalue weighted by Gasteiger charge is 2.18. The smallest absolute Gasteiger partial charge is 0.258 e. The number of halogens is 1. The van der Waals surface area contributed by atoms with Gasteiger partial charge in [-0.05, 0) is 43.7 Å². The van der Waals surface area contributed by atoms with Gasteiger partial charge in [-0.25, -0.2) is 9.37 Å². The molecule has 0 saturated carbocycles. The van der Waals surface area contributed by atoms with E-state index in [1.54, 1.807) is 10.5 Å². The summed E-state index contributed by atoms with van der Waals surface area (Å²) in [6.07, 6.45) is 1.84. The molecule has 0 amide bonds. The molecule has 1 atom stereocenters. The van der Waals surface area contributed by atoms with Crippen LogP contribution in [0.2, 0.25) is 0 Å². The Kier molecular flexibility index (Phi) is 4.77. The van der Waals surface area contributed by atoms with Gasteiger partial charge >= 0.3 is 0 Å². The molecule has 7 heteroatoms. The molecule has 2 aromatic heterocycles. The Morgan fingerprint density at radius 2 is 2.11 bits per heavy atom. The number of methoxy groups -OCH3 is 1. The van der Waals surface area contributed by atoms with E-state index >= 15 is 0 Å². The summed E-state index contributed by atoms with van der Waals surface area (Å²) in [5, 5.41) is 3.42. The molecule has 146 valence electrons. The van der Waals surface area contributed by atoms with Crippen LogP contribution in [0.15, 0.2) is 41.3 Å². The van der Waals surface area contributed by atoms with Crippen molar-refractivity contribution in [2.45, 2.75) is 19.9 Å². The number of aryl methyl sites for hydroxylation is 1. The molecule has 4 rings (SSSR count). The van der Waals surface area contributed by atoms with E-state index in [4.69, 9.17) is 4.74 Å². The minimum atomic E-state index is -0.484. The van der Waals surface area contributed by atoms with Crippen molar-refractivity contribution in [2.75, 3.05) is 31.6 Å². The summed E-state index contributed by atoms with van der Waals surface area (Å²) < 4.78 is 20.6.